The molecule has 0 aromatic heterocycles. The summed E-state index contributed by atoms with van der Waals surface area (Å²) in [6.45, 7) is 1.43. The number of halogens is 1. The lowest BCUT2D eigenvalue weighted by Gasteiger charge is -2.22. The maximum Gasteiger partial charge on any atom is 0.242 e. The van der Waals surface area contributed by atoms with Gasteiger partial charge < -0.3 is 5.11 Å². The van der Waals surface area contributed by atoms with Crippen LogP contribution in [0.1, 0.15) is 12.5 Å². The second kappa shape index (κ2) is 6.78. The van der Waals surface area contributed by atoms with E-state index in [4.69, 9.17) is 16.9 Å². The van der Waals surface area contributed by atoms with Gasteiger partial charge in [0, 0.05) is 12.3 Å². The standard InChI is InChI=1S/C12H15ClN2O3S2/c1-12(16,8-19-2)7-15-20(17,18)11-4-3-9(6-14)5-10(11)13/h3-5,15-16H,7-8H2,1-2H3. The summed E-state index contributed by atoms with van der Waals surface area (Å²) >= 11 is 7.28. The first-order valence-electron chi connectivity index (χ1n) is 5.62. The van der Waals surface area contributed by atoms with Crippen LogP contribution in [0.2, 0.25) is 5.02 Å². The van der Waals surface area contributed by atoms with Crippen LogP contribution in [0.25, 0.3) is 0 Å². The number of nitrogens with zero attached hydrogens (tertiary/aromatic N) is 1. The van der Waals surface area contributed by atoms with Gasteiger partial charge in [0.2, 0.25) is 10.0 Å². The highest BCUT2D eigenvalue weighted by Crippen LogP contribution is 2.22. The Kier molecular flexibility index (Phi) is 5.86. The van der Waals surface area contributed by atoms with E-state index in [1.807, 2.05) is 12.3 Å². The molecule has 1 atom stereocenters. The molecule has 2 N–H and O–H groups in total. The van der Waals surface area contributed by atoms with Crippen LogP contribution in [0.3, 0.4) is 0 Å². The first kappa shape index (κ1) is 17.3. The molecule has 0 fully saturated rings. The molecule has 8 heteroatoms. The van der Waals surface area contributed by atoms with Gasteiger partial charge in [-0.1, -0.05) is 11.6 Å². The van der Waals surface area contributed by atoms with Gasteiger partial charge in [-0.05, 0) is 31.4 Å². The average molecular weight is 335 g/mol. The van der Waals surface area contributed by atoms with Crippen LogP contribution in [-0.4, -0.2) is 37.7 Å². The third-order valence-corrected chi connectivity index (χ3v) is 5.24. The van der Waals surface area contributed by atoms with E-state index in [0.717, 1.165) is 0 Å². The minimum Gasteiger partial charge on any atom is -0.388 e. The largest absolute Gasteiger partial charge is 0.388 e. The molecule has 1 aromatic rings. The first-order chi connectivity index (χ1) is 9.22. The highest BCUT2D eigenvalue weighted by atomic mass is 35.5. The number of nitrogens with one attached hydrogen (secondary N) is 1. The monoisotopic (exact) mass is 334 g/mol. The number of benzene rings is 1. The van der Waals surface area contributed by atoms with E-state index in [1.165, 1.54) is 30.0 Å². The minimum absolute atomic E-state index is 0.0268. The van der Waals surface area contributed by atoms with Gasteiger partial charge in [0.25, 0.3) is 0 Å². The van der Waals surface area contributed by atoms with Gasteiger partial charge in [0.15, 0.2) is 0 Å². The number of aliphatic hydroxyl groups is 1. The third kappa shape index (κ3) is 4.65. The molecule has 0 radical (unpaired) electrons. The number of thioether (sulfide) groups is 1. The molecule has 1 unspecified atom stereocenters. The fourth-order valence-corrected chi connectivity index (χ4v) is 3.91. The maximum absolute atomic E-state index is 12.1. The topological polar surface area (TPSA) is 90.2 Å². The van der Waals surface area contributed by atoms with E-state index in [0.29, 0.717) is 5.75 Å². The molecule has 0 aliphatic rings. The van der Waals surface area contributed by atoms with Gasteiger partial charge in [-0.3, -0.25) is 0 Å². The summed E-state index contributed by atoms with van der Waals surface area (Å²) in [7, 11) is -3.83. The molecular weight excluding hydrogens is 320 g/mol. The quantitative estimate of drug-likeness (QED) is 0.824. The van der Waals surface area contributed by atoms with Gasteiger partial charge in [-0.15, -0.1) is 0 Å². The lowest BCUT2D eigenvalue weighted by Crippen LogP contribution is -2.42. The highest BCUT2D eigenvalue weighted by Gasteiger charge is 2.25. The summed E-state index contributed by atoms with van der Waals surface area (Å²) in [5.74, 6) is 0.399. The number of sulfonamides is 1. The van der Waals surface area contributed by atoms with E-state index >= 15 is 0 Å². The van der Waals surface area contributed by atoms with Crippen LogP contribution in [-0.2, 0) is 10.0 Å². The molecule has 0 bridgehead atoms. The zero-order valence-electron chi connectivity index (χ0n) is 11.1. The minimum atomic E-state index is -3.83. The molecule has 0 aliphatic carbocycles. The van der Waals surface area contributed by atoms with Gasteiger partial charge in [0.1, 0.15) is 4.90 Å². The summed E-state index contributed by atoms with van der Waals surface area (Å²) in [4.78, 5) is -0.113. The SMILES string of the molecule is CSCC(C)(O)CNS(=O)(=O)c1ccc(C#N)cc1Cl. The van der Waals surface area contributed by atoms with Crippen LogP contribution in [0.15, 0.2) is 23.1 Å². The zero-order chi connectivity index (χ0) is 15.4. The van der Waals surface area contributed by atoms with E-state index < -0.39 is 15.6 Å². The van der Waals surface area contributed by atoms with E-state index in [1.54, 1.807) is 6.92 Å². The Labute approximate surface area is 128 Å². The Morgan fingerprint density at radius 2 is 2.20 bits per heavy atom. The molecule has 0 heterocycles. The van der Waals surface area contributed by atoms with Crippen LogP contribution in [0.5, 0.6) is 0 Å². The van der Waals surface area contributed by atoms with Crippen LogP contribution < -0.4 is 4.72 Å². The van der Waals surface area contributed by atoms with Gasteiger partial charge in [-0.25, -0.2) is 13.1 Å². The highest BCUT2D eigenvalue weighted by molar-refractivity contribution is 7.98. The summed E-state index contributed by atoms with van der Waals surface area (Å²) in [6, 6.07) is 5.81. The predicted octanol–water partition coefficient (Wildman–Crippen LogP) is 1.60. The Morgan fingerprint density at radius 3 is 2.70 bits per heavy atom. The molecule has 5 nitrogen and oxygen atoms in total. The number of nitriles is 1. The molecule has 1 aromatic carbocycles. The Hall–Kier alpha value is -0.780. The van der Waals surface area contributed by atoms with Crippen molar-refractivity contribution in [1.82, 2.24) is 4.72 Å². The van der Waals surface area contributed by atoms with E-state index in [2.05, 4.69) is 4.72 Å². The van der Waals surface area contributed by atoms with Crippen molar-refractivity contribution < 1.29 is 13.5 Å². The molecular formula is C12H15ClN2O3S2. The molecule has 0 saturated heterocycles. The average Bonchev–Trinajstić information content (AvgIpc) is 2.36. The third-order valence-electron chi connectivity index (χ3n) is 2.45. The lowest BCUT2D eigenvalue weighted by atomic mass is 10.1. The van der Waals surface area contributed by atoms with Crippen molar-refractivity contribution >= 4 is 33.4 Å². The molecule has 0 spiro atoms. The van der Waals surface area contributed by atoms with Crippen molar-refractivity contribution in [2.24, 2.45) is 0 Å². The Morgan fingerprint density at radius 1 is 1.55 bits per heavy atom. The van der Waals surface area contributed by atoms with Crippen molar-refractivity contribution in [1.29, 1.82) is 5.26 Å². The fraction of sp³-hybridized carbons (Fsp3) is 0.417. The second-order valence-corrected chi connectivity index (χ2v) is 7.52. The first-order valence-corrected chi connectivity index (χ1v) is 8.88. The van der Waals surface area contributed by atoms with Gasteiger partial charge in [0.05, 0.1) is 22.3 Å². The Bertz CT molecular complexity index is 624. The van der Waals surface area contributed by atoms with Crippen molar-refractivity contribution in [3.8, 4) is 6.07 Å². The van der Waals surface area contributed by atoms with Crippen molar-refractivity contribution in [2.45, 2.75) is 17.4 Å². The normalized spacial score (nSPS) is 14.6. The molecule has 0 amide bonds. The summed E-state index contributed by atoms with van der Waals surface area (Å²) < 4.78 is 26.5. The lowest BCUT2D eigenvalue weighted by molar-refractivity contribution is 0.0908. The molecule has 0 saturated carbocycles. The van der Waals surface area contributed by atoms with Crippen LogP contribution in [0, 0.1) is 11.3 Å². The molecule has 110 valence electrons. The smallest absolute Gasteiger partial charge is 0.242 e. The van der Waals surface area contributed by atoms with Gasteiger partial charge >= 0.3 is 0 Å². The summed E-state index contributed by atoms with van der Waals surface area (Å²) in [5.41, 5.74) is -0.866. The van der Waals surface area contributed by atoms with Gasteiger partial charge in [-0.2, -0.15) is 17.0 Å². The van der Waals surface area contributed by atoms with Crippen LogP contribution in [0.4, 0.5) is 0 Å². The fourth-order valence-electron chi connectivity index (χ4n) is 1.48. The predicted molar refractivity (Wildman–Crippen MR) is 80.4 cm³/mol. The Balaban J connectivity index is 2.93. The number of hydrogen-bond acceptors (Lipinski definition) is 5. The molecule has 1 rings (SSSR count). The number of hydrogen-bond donors (Lipinski definition) is 2. The summed E-state index contributed by atoms with van der Waals surface area (Å²) in [6.07, 6.45) is 1.82. The number of rotatable bonds is 6. The van der Waals surface area contributed by atoms with Crippen LogP contribution >= 0.6 is 23.4 Å². The van der Waals surface area contributed by atoms with Crippen molar-refractivity contribution in [3.63, 3.8) is 0 Å². The van der Waals surface area contributed by atoms with Crippen molar-refractivity contribution in [3.05, 3.63) is 28.8 Å². The van der Waals surface area contributed by atoms with E-state index in [-0.39, 0.29) is 22.0 Å². The molecule has 20 heavy (non-hydrogen) atoms. The summed E-state index contributed by atoms with van der Waals surface area (Å²) in [5, 5.41) is 18.6. The molecule has 0 aliphatic heterocycles. The maximum atomic E-state index is 12.1. The van der Waals surface area contributed by atoms with E-state index in [9.17, 15) is 13.5 Å². The second-order valence-electron chi connectivity index (χ2n) is 4.51. The van der Waals surface area contributed by atoms with Crippen molar-refractivity contribution in [2.75, 3.05) is 18.6 Å². The zero-order valence-corrected chi connectivity index (χ0v) is 13.4.